The van der Waals surface area contributed by atoms with Crippen molar-refractivity contribution in [3.05, 3.63) is 12.2 Å². The van der Waals surface area contributed by atoms with E-state index in [1.165, 1.54) is 12.2 Å². The molecule has 0 aliphatic carbocycles. The van der Waals surface area contributed by atoms with Crippen molar-refractivity contribution < 1.29 is 29.1 Å². The van der Waals surface area contributed by atoms with Crippen LogP contribution in [0, 0.1) is 5.92 Å². The van der Waals surface area contributed by atoms with Crippen LogP contribution in [-0.4, -0.2) is 58.7 Å². The van der Waals surface area contributed by atoms with Gasteiger partial charge in [-0.1, -0.05) is 20.3 Å². The second kappa shape index (κ2) is 10.3. The van der Waals surface area contributed by atoms with Crippen LogP contribution in [0.25, 0.3) is 0 Å². The molecular weight excluding hydrogens is 342 g/mol. The summed E-state index contributed by atoms with van der Waals surface area (Å²) in [7, 11) is 0. The van der Waals surface area contributed by atoms with E-state index in [4.69, 9.17) is 5.11 Å². The molecule has 0 bridgehead atoms. The third-order valence-corrected chi connectivity index (χ3v) is 3.87. The standard InChI is InChI=1S/C17H25N3O6/c1-11(2)16(17(26)18-10-15(24)25)19-12(21)6-4-3-5-9-20-13(22)7-8-14(20)23/h7-8,11,16H,3-6,9-10H2,1-2H3,(H,18,26)(H,19,21)(H,24,25). The number of carbonyl (C=O) groups excluding carboxylic acids is 4. The summed E-state index contributed by atoms with van der Waals surface area (Å²) in [6.45, 7) is 3.33. The first-order valence-corrected chi connectivity index (χ1v) is 8.54. The van der Waals surface area contributed by atoms with Gasteiger partial charge in [-0.15, -0.1) is 0 Å². The van der Waals surface area contributed by atoms with Gasteiger partial charge in [-0.3, -0.25) is 28.9 Å². The van der Waals surface area contributed by atoms with Crippen LogP contribution in [0.15, 0.2) is 12.2 Å². The molecule has 1 unspecified atom stereocenters. The molecule has 0 radical (unpaired) electrons. The van der Waals surface area contributed by atoms with Crippen molar-refractivity contribution in [1.82, 2.24) is 15.5 Å². The summed E-state index contributed by atoms with van der Waals surface area (Å²) in [5.74, 6) is -2.82. The number of imide groups is 1. The topological polar surface area (TPSA) is 133 Å². The van der Waals surface area contributed by atoms with Gasteiger partial charge in [0, 0.05) is 25.1 Å². The van der Waals surface area contributed by atoms with E-state index >= 15 is 0 Å². The van der Waals surface area contributed by atoms with Gasteiger partial charge in [0.25, 0.3) is 11.8 Å². The van der Waals surface area contributed by atoms with Crippen LogP contribution in [0.3, 0.4) is 0 Å². The zero-order valence-corrected chi connectivity index (χ0v) is 15.0. The van der Waals surface area contributed by atoms with Gasteiger partial charge in [0.05, 0.1) is 0 Å². The van der Waals surface area contributed by atoms with Crippen molar-refractivity contribution in [2.45, 2.75) is 45.6 Å². The summed E-state index contributed by atoms with van der Waals surface area (Å²) < 4.78 is 0. The van der Waals surface area contributed by atoms with Gasteiger partial charge in [-0.05, 0) is 18.8 Å². The highest BCUT2D eigenvalue weighted by molar-refractivity contribution is 6.12. The lowest BCUT2D eigenvalue weighted by atomic mass is 10.0. The number of carbonyl (C=O) groups is 5. The monoisotopic (exact) mass is 367 g/mol. The van der Waals surface area contributed by atoms with Crippen LogP contribution in [0.1, 0.15) is 39.5 Å². The molecule has 0 aromatic rings. The molecule has 0 saturated heterocycles. The van der Waals surface area contributed by atoms with Crippen molar-refractivity contribution in [2.24, 2.45) is 5.92 Å². The number of carboxylic acid groups (broad SMARTS) is 1. The fraction of sp³-hybridized carbons (Fsp3) is 0.588. The maximum atomic E-state index is 12.0. The van der Waals surface area contributed by atoms with Gasteiger partial charge < -0.3 is 15.7 Å². The number of hydrogen-bond donors (Lipinski definition) is 3. The average molecular weight is 367 g/mol. The fourth-order valence-corrected chi connectivity index (χ4v) is 2.44. The third-order valence-electron chi connectivity index (χ3n) is 3.87. The Kier molecular flexibility index (Phi) is 8.47. The highest BCUT2D eigenvalue weighted by atomic mass is 16.4. The molecule has 26 heavy (non-hydrogen) atoms. The van der Waals surface area contributed by atoms with Crippen LogP contribution in [-0.2, 0) is 24.0 Å². The summed E-state index contributed by atoms with van der Waals surface area (Å²) in [6.07, 6.45) is 4.47. The first kappa shape index (κ1) is 21.3. The molecule has 1 rings (SSSR count). The Morgan fingerprint density at radius 1 is 1.08 bits per heavy atom. The van der Waals surface area contributed by atoms with Gasteiger partial charge in [0.15, 0.2) is 0 Å². The quantitative estimate of drug-likeness (QED) is 0.342. The number of rotatable bonds is 11. The molecule has 9 heteroatoms. The maximum absolute atomic E-state index is 12.0. The second-order valence-corrected chi connectivity index (χ2v) is 6.37. The second-order valence-electron chi connectivity index (χ2n) is 6.37. The number of carboxylic acids is 1. The Balaban J connectivity index is 2.28. The highest BCUT2D eigenvalue weighted by Gasteiger charge is 2.24. The molecule has 0 aromatic heterocycles. The first-order chi connectivity index (χ1) is 12.2. The molecule has 0 saturated carbocycles. The van der Waals surface area contributed by atoms with E-state index in [1.807, 2.05) is 0 Å². The normalized spacial score (nSPS) is 14.7. The van der Waals surface area contributed by atoms with Gasteiger partial charge in [0.1, 0.15) is 12.6 Å². The van der Waals surface area contributed by atoms with E-state index in [0.717, 1.165) is 4.90 Å². The molecule has 9 nitrogen and oxygen atoms in total. The molecular formula is C17H25N3O6. The van der Waals surface area contributed by atoms with Crippen LogP contribution in [0.5, 0.6) is 0 Å². The van der Waals surface area contributed by atoms with Crippen LogP contribution in [0.2, 0.25) is 0 Å². The zero-order chi connectivity index (χ0) is 19.7. The Bertz CT molecular complexity index is 581. The van der Waals surface area contributed by atoms with Crippen molar-refractivity contribution in [2.75, 3.05) is 13.1 Å². The minimum atomic E-state index is -1.16. The Morgan fingerprint density at radius 3 is 2.23 bits per heavy atom. The lowest BCUT2D eigenvalue weighted by Crippen LogP contribution is -2.50. The van der Waals surface area contributed by atoms with Crippen LogP contribution < -0.4 is 10.6 Å². The molecule has 4 amide bonds. The molecule has 1 aliphatic heterocycles. The first-order valence-electron chi connectivity index (χ1n) is 8.54. The predicted molar refractivity (Wildman–Crippen MR) is 91.7 cm³/mol. The third kappa shape index (κ3) is 7.04. The van der Waals surface area contributed by atoms with Gasteiger partial charge in [-0.25, -0.2) is 0 Å². The van der Waals surface area contributed by atoms with Crippen molar-refractivity contribution in [3.63, 3.8) is 0 Å². The SMILES string of the molecule is CC(C)C(NC(=O)CCCCCN1C(=O)C=CC1=O)C(=O)NCC(=O)O. The number of nitrogens with zero attached hydrogens (tertiary/aromatic N) is 1. The molecule has 3 N–H and O–H groups in total. The summed E-state index contributed by atoms with van der Waals surface area (Å²) in [5, 5.41) is 13.5. The lowest BCUT2D eigenvalue weighted by Gasteiger charge is -2.21. The predicted octanol–water partition coefficient (Wildman–Crippen LogP) is -0.187. The highest BCUT2D eigenvalue weighted by Crippen LogP contribution is 2.08. The van der Waals surface area contributed by atoms with Gasteiger partial charge in [0.2, 0.25) is 11.8 Å². The molecule has 1 aliphatic rings. The number of nitrogens with one attached hydrogen (secondary N) is 2. The fourth-order valence-electron chi connectivity index (χ4n) is 2.44. The van der Waals surface area contributed by atoms with E-state index in [-0.39, 0.29) is 30.1 Å². The molecule has 0 fully saturated rings. The lowest BCUT2D eigenvalue weighted by molar-refractivity contribution is -0.139. The molecule has 1 atom stereocenters. The average Bonchev–Trinajstić information content (AvgIpc) is 2.88. The minimum Gasteiger partial charge on any atom is -0.480 e. The van der Waals surface area contributed by atoms with E-state index in [9.17, 15) is 24.0 Å². The number of aliphatic carboxylic acids is 1. The molecule has 0 aromatic carbocycles. The number of hydrogen-bond acceptors (Lipinski definition) is 5. The summed E-state index contributed by atoms with van der Waals surface area (Å²) >= 11 is 0. The zero-order valence-electron chi connectivity index (χ0n) is 15.0. The van der Waals surface area contributed by atoms with Crippen LogP contribution >= 0.6 is 0 Å². The molecule has 0 spiro atoms. The van der Waals surface area contributed by atoms with E-state index in [0.29, 0.717) is 25.8 Å². The smallest absolute Gasteiger partial charge is 0.322 e. The maximum Gasteiger partial charge on any atom is 0.322 e. The Hall–Kier alpha value is -2.71. The van der Waals surface area contributed by atoms with Crippen molar-refractivity contribution >= 4 is 29.6 Å². The number of amides is 4. The van der Waals surface area contributed by atoms with Crippen molar-refractivity contribution in [3.8, 4) is 0 Å². The van der Waals surface area contributed by atoms with Gasteiger partial charge >= 0.3 is 5.97 Å². The summed E-state index contributed by atoms with van der Waals surface area (Å²) in [5.41, 5.74) is 0. The van der Waals surface area contributed by atoms with E-state index in [1.54, 1.807) is 13.8 Å². The largest absolute Gasteiger partial charge is 0.480 e. The van der Waals surface area contributed by atoms with Crippen LogP contribution in [0.4, 0.5) is 0 Å². The van der Waals surface area contributed by atoms with E-state index in [2.05, 4.69) is 10.6 Å². The summed E-state index contributed by atoms with van der Waals surface area (Å²) in [4.78, 5) is 58.4. The van der Waals surface area contributed by atoms with Gasteiger partial charge in [-0.2, -0.15) is 0 Å². The van der Waals surface area contributed by atoms with Crippen molar-refractivity contribution in [1.29, 1.82) is 0 Å². The minimum absolute atomic E-state index is 0.188. The van der Waals surface area contributed by atoms with E-state index < -0.39 is 24.5 Å². The number of unbranched alkanes of at least 4 members (excludes halogenated alkanes) is 2. The molecule has 144 valence electrons. The Labute approximate surface area is 151 Å². The Morgan fingerprint density at radius 2 is 1.69 bits per heavy atom. The molecule has 1 heterocycles. The summed E-state index contributed by atoms with van der Waals surface area (Å²) in [6, 6.07) is -0.798.